The molecule has 7 heteroatoms. The molecule has 5 rings (SSSR count). The third-order valence-electron chi connectivity index (χ3n) is 6.34. The molecule has 1 saturated heterocycles. The molecular weight excluding hydrogens is 364 g/mol. The molecule has 2 aromatic heterocycles. The van der Waals surface area contributed by atoms with E-state index in [9.17, 15) is 0 Å². The van der Waals surface area contributed by atoms with Crippen LogP contribution in [0, 0.1) is 0 Å². The largest absolute Gasteiger partial charge is 0.419 e. The van der Waals surface area contributed by atoms with Crippen LogP contribution in [0.15, 0.2) is 28.7 Å². The smallest absolute Gasteiger partial charge is 0.268 e. The molecule has 1 aliphatic carbocycles. The van der Waals surface area contributed by atoms with Gasteiger partial charge < -0.3 is 9.32 Å². The summed E-state index contributed by atoms with van der Waals surface area (Å²) in [5.41, 5.74) is 0.664. The molecule has 0 spiro atoms. The van der Waals surface area contributed by atoms with E-state index in [2.05, 4.69) is 48.4 Å². The average molecular weight is 393 g/mol. The van der Waals surface area contributed by atoms with E-state index < -0.39 is 0 Å². The van der Waals surface area contributed by atoms with Crippen molar-refractivity contribution in [3.05, 3.63) is 30.2 Å². The number of nitrogens with zero attached hydrogens (tertiary/aromatic N) is 6. The summed E-state index contributed by atoms with van der Waals surface area (Å²) in [4.78, 5) is 5.06. The molecule has 0 amide bonds. The first-order valence-electron chi connectivity index (χ1n) is 10.9. The number of hydrogen-bond donors (Lipinski definition) is 0. The minimum Gasteiger partial charge on any atom is -0.419 e. The lowest BCUT2D eigenvalue weighted by molar-refractivity contribution is 0.147. The van der Waals surface area contributed by atoms with Gasteiger partial charge in [-0.3, -0.25) is 4.90 Å². The lowest BCUT2D eigenvalue weighted by Crippen LogP contribution is -2.51. The zero-order valence-corrected chi connectivity index (χ0v) is 17.0. The number of fused-ring (bicyclic) bond motifs is 1. The first-order chi connectivity index (χ1) is 14.3. The van der Waals surface area contributed by atoms with E-state index in [4.69, 9.17) is 4.42 Å². The Morgan fingerprint density at radius 2 is 1.66 bits per heavy atom. The first-order valence-corrected chi connectivity index (χ1v) is 10.9. The second-order valence-electron chi connectivity index (χ2n) is 8.09. The molecule has 3 heterocycles. The van der Waals surface area contributed by atoms with Crippen molar-refractivity contribution in [1.29, 1.82) is 0 Å². The predicted molar refractivity (Wildman–Crippen MR) is 113 cm³/mol. The van der Waals surface area contributed by atoms with Crippen LogP contribution in [0.4, 0.5) is 5.82 Å². The Kier molecular flexibility index (Phi) is 5.14. The summed E-state index contributed by atoms with van der Waals surface area (Å²) in [6.07, 6.45) is 7.62. The van der Waals surface area contributed by atoms with Crippen LogP contribution < -0.4 is 4.90 Å². The number of rotatable bonds is 4. The van der Waals surface area contributed by atoms with Crippen molar-refractivity contribution in [1.82, 2.24) is 25.3 Å². The second-order valence-corrected chi connectivity index (χ2v) is 8.09. The molecule has 1 aliphatic heterocycles. The lowest BCUT2D eigenvalue weighted by atomic mass is 9.94. The highest BCUT2D eigenvalue weighted by atomic mass is 16.4. The van der Waals surface area contributed by atoms with Gasteiger partial charge in [0.25, 0.3) is 5.89 Å². The summed E-state index contributed by atoms with van der Waals surface area (Å²) in [5.74, 6) is 2.02. The van der Waals surface area contributed by atoms with E-state index >= 15 is 0 Å². The van der Waals surface area contributed by atoms with Gasteiger partial charge in [0.05, 0.1) is 0 Å². The fraction of sp³-hybridized carbons (Fsp3) is 0.545. The maximum absolute atomic E-state index is 5.75. The molecule has 0 N–H and O–H groups in total. The Bertz CT molecular complexity index is 972. The summed E-state index contributed by atoms with van der Waals surface area (Å²) in [6.45, 7) is 6.19. The molecule has 0 atom stereocenters. The molecule has 7 nitrogen and oxygen atoms in total. The summed E-state index contributed by atoms with van der Waals surface area (Å²) in [7, 11) is 0. The molecule has 2 aliphatic rings. The van der Waals surface area contributed by atoms with Gasteiger partial charge in [-0.2, -0.15) is 0 Å². The number of hydrogen-bond acceptors (Lipinski definition) is 7. The van der Waals surface area contributed by atoms with Crippen LogP contribution in [0.25, 0.3) is 22.4 Å². The van der Waals surface area contributed by atoms with Crippen LogP contribution in [-0.4, -0.2) is 57.5 Å². The van der Waals surface area contributed by atoms with Crippen LogP contribution in [-0.2, 0) is 6.42 Å². The van der Waals surface area contributed by atoms with Crippen molar-refractivity contribution in [2.45, 2.75) is 51.5 Å². The Morgan fingerprint density at radius 3 is 2.38 bits per heavy atom. The monoisotopic (exact) mass is 392 g/mol. The minimum atomic E-state index is 0.444. The van der Waals surface area contributed by atoms with E-state index in [-0.39, 0.29) is 0 Å². The predicted octanol–water partition coefficient (Wildman–Crippen LogP) is 3.70. The topological polar surface area (TPSA) is 71.2 Å². The Labute approximate surface area is 171 Å². The molecule has 2 fully saturated rings. The number of aromatic nitrogens is 4. The first kappa shape index (κ1) is 18.5. The van der Waals surface area contributed by atoms with Crippen molar-refractivity contribution >= 4 is 16.6 Å². The normalized spacial score (nSPS) is 19.1. The zero-order chi connectivity index (χ0) is 19.6. The highest BCUT2D eigenvalue weighted by Gasteiger charge is 2.27. The molecule has 3 aromatic rings. The zero-order valence-electron chi connectivity index (χ0n) is 17.0. The molecule has 0 radical (unpaired) electrons. The fourth-order valence-electron chi connectivity index (χ4n) is 4.72. The fourth-order valence-corrected chi connectivity index (χ4v) is 4.72. The van der Waals surface area contributed by atoms with Crippen molar-refractivity contribution in [3.63, 3.8) is 0 Å². The summed E-state index contributed by atoms with van der Waals surface area (Å²) >= 11 is 0. The van der Waals surface area contributed by atoms with Gasteiger partial charge in [0.1, 0.15) is 0 Å². The van der Waals surface area contributed by atoms with Gasteiger partial charge in [0.2, 0.25) is 5.89 Å². The van der Waals surface area contributed by atoms with Crippen LogP contribution in [0.2, 0.25) is 0 Å². The Balaban J connectivity index is 1.40. The van der Waals surface area contributed by atoms with Gasteiger partial charge in [0.15, 0.2) is 11.5 Å². The highest BCUT2D eigenvalue weighted by molar-refractivity contribution is 5.99. The third kappa shape index (κ3) is 3.59. The van der Waals surface area contributed by atoms with Crippen molar-refractivity contribution < 1.29 is 4.42 Å². The van der Waals surface area contributed by atoms with Crippen LogP contribution in [0.1, 0.15) is 44.9 Å². The van der Waals surface area contributed by atoms with E-state index in [1.54, 1.807) is 0 Å². The highest BCUT2D eigenvalue weighted by Crippen LogP contribution is 2.32. The standard InChI is InChI=1S/C22H28N6O/c1-2-19-23-26-22(29-19)20-17-10-6-7-11-18(17)21(25-24-20)28-14-12-27(13-15-28)16-8-4-3-5-9-16/h6-7,10-11,16H,2-5,8-9,12-15H2,1H3. The van der Waals surface area contributed by atoms with Gasteiger partial charge in [-0.05, 0) is 12.8 Å². The summed E-state index contributed by atoms with van der Waals surface area (Å²) in [5, 5.41) is 19.5. The van der Waals surface area contributed by atoms with E-state index in [0.29, 0.717) is 23.9 Å². The van der Waals surface area contributed by atoms with Gasteiger partial charge in [-0.25, -0.2) is 0 Å². The second kappa shape index (κ2) is 8.06. The molecule has 1 saturated carbocycles. The average Bonchev–Trinajstić information content (AvgIpc) is 3.28. The van der Waals surface area contributed by atoms with Crippen LogP contribution in [0.3, 0.4) is 0 Å². The number of piperazine rings is 1. The minimum absolute atomic E-state index is 0.444. The molecular formula is C22H28N6O. The molecule has 1 aromatic carbocycles. The number of aryl methyl sites for hydroxylation is 1. The van der Waals surface area contributed by atoms with Crippen molar-refractivity contribution in [2.75, 3.05) is 31.1 Å². The van der Waals surface area contributed by atoms with Gasteiger partial charge in [-0.1, -0.05) is 50.5 Å². The Hall–Kier alpha value is -2.54. The molecule has 152 valence electrons. The maximum atomic E-state index is 5.75. The third-order valence-corrected chi connectivity index (χ3v) is 6.34. The van der Waals surface area contributed by atoms with E-state index in [0.717, 1.165) is 48.8 Å². The van der Waals surface area contributed by atoms with Gasteiger partial charge >= 0.3 is 0 Å². The SMILES string of the molecule is CCc1nnc(-c2nnc(N3CCN(C4CCCCC4)CC3)c3ccccc23)o1. The van der Waals surface area contributed by atoms with Crippen molar-refractivity contribution in [3.8, 4) is 11.6 Å². The number of benzene rings is 1. The van der Waals surface area contributed by atoms with Gasteiger partial charge in [0, 0.05) is 49.4 Å². The molecule has 29 heavy (non-hydrogen) atoms. The van der Waals surface area contributed by atoms with Crippen LogP contribution >= 0.6 is 0 Å². The summed E-state index contributed by atoms with van der Waals surface area (Å²) in [6, 6.07) is 9.04. The summed E-state index contributed by atoms with van der Waals surface area (Å²) < 4.78 is 5.75. The van der Waals surface area contributed by atoms with E-state index in [1.165, 1.54) is 32.1 Å². The lowest BCUT2D eigenvalue weighted by Gasteiger charge is -2.41. The maximum Gasteiger partial charge on any atom is 0.268 e. The van der Waals surface area contributed by atoms with Crippen molar-refractivity contribution in [2.24, 2.45) is 0 Å². The molecule has 0 unspecified atom stereocenters. The number of anilines is 1. The van der Waals surface area contributed by atoms with Crippen LogP contribution in [0.5, 0.6) is 0 Å². The van der Waals surface area contributed by atoms with Gasteiger partial charge in [-0.15, -0.1) is 20.4 Å². The quantitative estimate of drug-likeness (QED) is 0.670. The molecule has 0 bridgehead atoms. The Morgan fingerprint density at radius 1 is 0.897 bits per heavy atom. The van der Waals surface area contributed by atoms with E-state index in [1.807, 2.05) is 13.0 Å².